The highest BCUT2D eigenvalue weighted by atomic mass is 16.7. The van der Waals surface area contributed by atoms with Crippen molar-refractivity contribution in [3.05, 3.63) is 0 Å². The highest BCUT2D eigenvalue weighted by molar-refractivity contribution is 5.04. The van der Waals surface area contributed by atoms with Gasteiger partial charge in [-0.25, -0.2) is 0 Å². The Morgan fingerprint density at radius 3 is 2.20 bits per heavy atom. The van der Waals surface area contributed by atoms with Crippen LogP contribution in [0.3, 0.4) is 0 Å². The van der Waals surface area contributed by atoms with Crippen LogP contribution in [0.15, 0.2) is 0 Å². The third-order valence-electron chi connectivity index (χ3n) is 4.27. The molecule has 0 aromatic carbocycles. The summed E-state index contributed by atoms with van der Waals surface area (Å²) in [6.45, 7) is 3.83. The lowest BCUT2D eigenvalue weighted by Gasteiger charge is -2.50. The Balaban J connectivity index is 2.67. The van der Waals surface area contributed by atoms with Crippen molar-refractivity contribution in [1.82, 2.24) is 0 Å². The largest absolute Gasteiger partial charge is 0.388 e. The molecule has 1 saturated heterocycles. The fraction of sp³-hybridized carbons (Fsp3) is 1.00. The van der Waals surface area contributed by atoms with Crippen LogP contribution >= 0.6 is 0 Å². The second kappa shape index (κ2) is 7.71. The molecule has 1 fully saturated rings. The van der Waals surface area contributed by atoms with Crippen LogP contribution in [-0.4, -0.2) is 50.6 Å². The summed E-state index contributed by atoms with van der Waals surface area (Å²) in [4.78, 5) is 0. The first-order valence-corrected chi connectivity index (χ1v) is 7.86. The number of aliphatic hydroxyl groups is 4. The summed E-state index contributed by atoms with van der Waals surface area (Å²) < 4.78 is 5.32. The van der Waals surface area contributed by atoms with Crippen LogP contribution < -0.4 is 0 Å². The monoisotopic (exact) mass is 290 g/mol. The van der Waals surface area contributed by atoms with Crippen LogP contribution in [0.25, 0.3) is 0 Å². The predicted octanol–water partition coefficient (Wildman–Crippen LogP) is 1.32. The molecule has 0 spiro atoms. The van der Waals surface area contributed by atoms with E-state index in [1.807, 2.05) is 6.92 Å². The van der Waals surface area contributed by atoms with E-state index < -0.39 is 23.6 Å². The maximum atomic E-state index is 10.6. The normalized spacial score (nSPS) is 38.1. The molecular weight excluding hydrogens is 260 g/mol. The maximum absolute atomic E-state index is 10.6. The summed E-state index contributed by atoms with van der Waals surface area (Å²) in [5, 5.41) is 41.0. The number of ether oxygens (including phenoxy) is 1. The van der Waals surface area contributed by atoms with Gasteiger partial charge in [0.1, 0.15) is 17.8 Å². The second-order valence-corrected chi connectivity index (χ2v) is 5.95. The summed E-state index contributed by atoms with van der Waals surface area (Å²) in [6.07, 6.45) is 3.58. The topological polar surface area (TPSA) is 90.2 Å². The molecule has 0 aromatic heterocycles. The van der Waals surface area contributed by atoms with E-state index in [0.29, 0.717) is 6.42 Å². The highest BCUT2D eigenvalue weighted by Gasteiger charge is 2.59. The fourth-order valence-electron chi connectivity index (χ4n) is 2.97. The minimum atomic E-state index is -1.80. The van der Waals surface area contributed by atoms with Gasteiger partial charge in [0.05, 0.1) is 6.61 Å². The molecule has 0 aliphatic carbocycles. The predicted molar refractivity (Wildman–Crippen MR) is 76.1 cm³/mol. The molecule has 1 aliphatic heterocycles. The molecule has 0 saturated carbocycles. The van der Waals surface area contributed by atoms with Gasteiger partial charge in [-0.2, -0.15) is 0 Å². The van der Waals surface area contributed by atoms with Gasteiger partial charge in [-0.15, -0.1) is 0 Å². The lowest BCUT2D eigenvalue weighted by molar-refractivity contribution is -0.370. The molecule has 0 bridgehead atoms. The van der Waals surface area contributed by atoms with E-state index in [0.717, 1.165) is 32.1 Å². The van der Waals surface area contributed by atoms with Crippen molar-refractivity contribution in [1.29, 1.82) is 0 Å². The molecule has 0 aromatic rings. The summed E-state index contributed by atoms with van der Waals surface area (Å²) in [7, 11) is 0. The van der Waals surface area contributed by atoms with E-state index in [4.69, 9.17) is 4.74 Å². The quantitative estimate of drug-likeness (QED) is 0.506. The van der Waals surface area contributed by atoms with Crippen molar-refractivity contribution < 1.29 is 25.2 Å². The highest BCUT2D eigenvalue weighted by Crippen LogP contribution is 2.40. The minimum absolute atomic E-state index is 0.154. The number of hydrogen-bond donors (Lipinski definition) is 4. The Morgan fingerprint density at radius 2 is 1.60 bits per heavy atom. The Hall–Kier alpha value is -0.200. The zero-order valence-corrected chi connectivity index (χ0v) is 12.7. The molecule has 1 heterocycles. The SMILES string of the molecule is CCCCCCCC1(O)OC[C@@H](O)[C@H](O)[C@]1(O)CCC. The van der Waals surface area contributed by atoms with E-state index in [2.05, 4.69) is 6.92 Å². The van der Waals surface area contributed by atoms with E-state index in [1.54, 1.807) is 0 Å². The van der Waals surface area contributed by atoms with Gasteiger partial charge in [-0.1, -0.05) is 46.0 Å². The molecule has 1 unspecified atom stereocenters. The lowest BCUT2D eigenvalue weighted by Crippen LogP contribution is -2.70. The molecule has 5 nitrogen and oxygen atoms in total. The van der Waals surface area contributed by atoms with Crippen molar-refractivity contribution in [3.8, 4) is 0 Å². The first-order chi connectivity index (χ1) is 9.41. The van der Waals surface area contributed by atoms with E-state index in [9.17, 15) is 20.4 Å². The first kappa shape index (κ1) is 17.9. The molecule has 4 N–H and O–H groups in total. The zero-order chi connectivity index (χ0) is 15.2. The Morgan fingerprint density at radius 1 is 0.950 bits per heavy atom. The lowest BCUT2D eigenvalue weighted by atomic mass is 9.76. The van der Waals surface area contributed by atoms with E-state index >= 15 is 0 Å². The molecule has 1 rings (SSSR count). The number of hydrogen-bond acceptors (Lipinski definition) is 5. The third kappa shape index (κ3) is 3.71. The van der Waals surface area contributed by atoms with Crippen LogP contribution in [0.2, 0.25) is 0 Å². The standard InChI is InChI=1S/C15H30O5/c1-3-5-6-7-8-10-15(19)14(18,9-4-2)13(17)12(16)11-20-15/h12-13,16-19H,3-11H2,1-2H3/t12-,13+,14-,15?/m1/s1. The third-order valence-corrected chi connectivity index (χ3v) is 4.27. The smallest absolute Gasteiger partial charge is 0.197 e. The van der Waals surface area contributed by atoms with Gasteiger partial charge in [-0.05, 0) is 12.8 Å². The van der Waals surface area contributed by atoms with Crippen molar-refractivity contribution >= 4 is 0 Å². The van der Waals surface area contributed by atoms with Crippen molar-refractivity contribution in [2.24, 2.45) is 0 Å². The van der Waals surface area contributed by atoms with Crippen LogP contribution in [0.1, 0.15) is 65.2 Å². The summed E-state index contributed by atoms with van der Waals surface area (Å²) in [5.74, 6) is -1.77. The first-order valence-electron chi connectivity index (χ1n) is 7.86. The minimum Gasteiger partial charge on any atom is -0.388 e. The molecule has 4 atom stereocenters. The van der Waals surface area contributed by atoms with Gasteiger partial charge >= 0.3 is 0 Å². The summed E-state index contributed by atoms with van der Waals surface area (Å²) in [6, 6.07) is 0. The van der Waals surface area contributed by atoms with Gasteiger partial charge in [-0.3, -0.25) is 0 Å². The molecule has 0 radical (unpaired) electrons. The summed E-state index contributed by atoms with van der Waals surface area (Å²) >= 11 is 0. The van der Waals surface area contributed by atoms with Gasteiger partial charge in [0.25, 0.3) is 0 Å². The molecule has 0 amide bonds. The Labute approximate surface area is 121 Å². The van der Waals surface area contributed by atoms with Gasteiger partial charge in [0, 0.05) is 6.42 Å². The second-order valence-electron chi connectivity index (χ2n) is 5.95. The van der Waals surface area contributed by atoms with Crippen molar-refractivity contribution in [2.45, 2.75) is 88.8 Å². The molecular formula is C15H30O5. The fourth-order valence-corrected chi connectivity index (χ4v) is 2.97. The van der Waals surface area contributed by atoms with Crippen LogP contribution in [0, 0.1) is 0 Å². The number of unbranched alkanes of at least 4 members (excludes halogenated alkanes) is 4. The molecule has 1 aliphatic rings. The maximum Gasteiger partial charge on any atom is 0.197 e. The summed E-state index contributed by atoms with van der Waals surface area (Å²) in [5.41, 5.74) is -1.80. The number of rotatable bonds is 8. The zero-order valence-electron chi connectivity index (χ0n) is 12.7. The van der Waals surface area contributed by atoms with Crippen LogP contribution in [0.4, 0.5) is 0 Å². The molecule has 5 heteroatoms. The van der Waals surface area contributed by atoms with Crippen LogP contribution in [0.5, 0.6) is 0 Å². The van der Waals surface area contributed by atoms with Gasteiger partial charge in [0.2, 0.25) is 0 Å². The van der Waals surface area contributed by atoms with Gasteiger partial charge < -0.3 is 25.2 Å². The average Bonchev–Trinajstić information content (AvgIpc) is 2.42. The Bertz CT molecular complexity index is 285. The molecule has 120 valence electrons. The van der Waals surface area contributed by atoms with Crippen LogP contribution in [-0.2, 0) is 4.74 Å². The average molecular weight is 290 g/mol. The van der Waals surface area contributed by atoms with Crippen molar-refractivity contribution in [3.63, 3.8) is 0 Å². The van der Waals surface area contributed by atoms with Crippen molar-refractivity contribution in [2.75, 3.05) is 6.61 Å². The van der Waals surface area contributed by atoms with E-state index in [1.165, 1.54) is 0 Å². The van der Waals surface area contributed by atoms with Gasteiger partial charge in [0.15, 0.2) is 5.79 Å². The van der Waals surface area contributed by atoms with E-state index in [-0.39, 0.29) is 19.4 Å². The number of aliphatic hydroxyl groups excluding tert-OH is 2. The Kier molecular flexibility index (Phi) is 6.88. The molecule has 20 heavy (non-hydrogen) atoms.